The lowest BCUT2D eigenvalue weighted by Crippen LogP contribution is -2.35. The summed E-state index contributed by atoms with van der Waals surface area (Å²) >= 11 is 0. The maximum atomic E-state index is 11.1. The van der Waals surface area contributed by atoms with E-state index in [-0.39, 0.29) is 18.6 Å². The van der Waals surface area contributed by atoms with E-state index < -0.39 is 5.91 Å². The van der Waals surface area contributed by atoms with Gasteiger partial charge in [-0.1, -0.05) is 0 Å². The molecule has 12 heavy (non-hydrogen) atoms. The molecule has 1 atom stereocenters. The van der Waals surface area contributed by atoms with Gasteiger partial charge in [-0.05, 0) is 0 Å². The lowest BCUT2D eigenvalue weighted by atomic mass is 10.3. The minimum Gasteiger partial charge on any atom is -0.379 e. The molecule has 68 valence electrons. The van der Waals surface area contributed by atoms with Gasteiger partial charge in [-0.25, -0.2) is 0 Å². The summed E-state index contributed by atoms with van der Waals surface area (Å²) in [5.74, 6) is -0.555. The van der Waals surface area contributed by atoms with Gasteiger partial charge in [0.1, 0.15) is 0 Å². The van der Waals surface area contributed by atoms with Gasteiger partial charge in [0.2, 0.25) is 11.8 Å². The van der Waals surface area contributed by atoms with Crippen LogP contribution in [0.4, 0.5) is 0 Å². The van der Waals surface area contributed by atoms with Crippen molar-refractivity contribution in [1.29, 1.82) is 0 Å². The Labute approximate surface area is 70.5 Å². The van der Waals surface area contributed by atoms with Gasteiger partial charge in [0.15, 0.2) is 0 Å². The average Bonchev–Trinajstić information content (AvgIpc) is 2.31. The third-order valence-corrected chi connectivity index (χ3v) is 1.86. The number of amides is 2. The van der Waals surface area contributed by atoms with Gasteiger partial charge in [0.05, 0.1) is 19.1 Å². The van der Waals surface area contributed by atoms with E-state index in [4.69, 9.17) is 10.5 Å². The Kier molecular flexibility index (Phi) is 2.65. The Morgan fingerprint density at radius 1 is 1.83 bits per heavy atom. The Hall–Kier alpha value is -1.10. The van der Waals surface area contributed by atoms with Gasteiger partial charge in [-0.3, -0.25) is 9.59 Å². The molecule has 1 heterocycles. The van der Waals surface area contributed by atoms with E-state index in [1.165, 1.54) is 4.90 Å². The fourth-order valence-corrected chi connectivity index (χ4v) is 1.23. The molecule has 1 aliphatic rings. The highest BCUT2D eigenvalue weighted by atomic mass is 16.5. The third-order valence-electron chi connectivity index (χ3n) is 1.86. The van der Waals surface area contributed by atoms with E-state index in [0.29, 0.717) is 13.0 Å². The van der Waals surface area contributed by atoms with E-state index in [1.54, 1.807) is 7.11 Å². The van der Waals surface area contributed by atoms with E-state index >= 15 is 0 Å². The standard InChI is InChI=1S/C7H12N2O3/c1-12-5-2-7(11)9(3-5)4-6(8)10/h5H,2-4H2,1H3,(H2,8,10). The van der Waals surface area contributed by atoms with E-state index in [1.807, 2.05) is 0 Å². The normalized spacial score (nSPS) is 23.2. The van der Waals surface area contributed by atoms with Crippen LogP contribution in [-0.2, 0) is 14.3 Å². The molecule has 0 saturated carbocycles. The quantitative estimate of drug-likeness (QED) is 0.576. The van der Waals surface area contributed by atoms with Crippen molar-refractivity contribution in [3.63, 3.8) is 0 Å². The molecule has 5 heteroatoms. The number of hydrogen-bond acceptors (Lipinski definition) is 3. The van der Waals surface area contributed by atoms with Crippen LogP contribution in [0.5, 0.6) is 0 Å². The van der Waals surface area contributed by atoms with Crippen molar-refractivity contribution in [2.24, 2.45) is 5.73 Å². The summed E-state index contributed by atoms with van der Waals surface area (Å²) in [5, 5.41) is 0. The molecule has 1 aliphatic heterocycles. The molecule has 0 aromatic rings. The Morgan fingerprint density at radius 3 is 2.92 bits per heavy atom. The van der Waals surface area contributed by atoms with Gasteiger partial charge in [-0.15, -0.1) is 0 Å². The summed E-state index contributed by atoms with van der Waals surface area (Å²) in [7, 11) is 1.55. The molecule has 2 N–H and O–H groups in total. The van der Waals surface area contributed by atoms with Gasteiger partial charge >= 0.3 is 0 Å². The molecule has 1 rings (SSSR count). The van der Waals surface area contributed by atoms with Crippen LogP contribution >= 0.6 is 0 Å². The Balaban J connectivity index is 2.46. The van der Waals surface area contributed by atoms with Crippen LogP contribution in [-0.4, -0.2) is 43.0 Å². The zero-order chi connectivity index (χ0) is 9.14. The van der Waals surface area contributed by atoms with Crippen molar-refractivity contribution in [2.45, 2.75) is 12.5 Å². The van der Waals surface area contributed by atoms with Crippen molar-refractivity contribution >= 4 is 11.8 Å². The molecule has 0 radical (unpaired) electrons. The van der Waals surface area contributed by atoms with Crippen LogP contribution in [0.3, 0.4) is 0 Å². The number of rotatable bonds is 3. The molecule has 5 nitrogen and oxygen atoms in total. The molecule has 1 fully saturated rings. The second-order valence-corrected chi connectivity index (χ2v) is 2.80. The third kappa shape index (κ3) is 1.94. The number of nitrogens with two attached hydrogens (primary N) is 1. The highest BCUT2D eigenvalue weighted by Gasteiger charge is 2.29. The zero-order valence-electron chi connectivity index (χ0n) is 6.95. The molecule has 0 aromatic carbocycles. The first kappa shape index (κ1) is 8.99. The van der Waals surface area contributed by atoms with Crippen LogP contribution in [0.2, 0.25) is 0 Å². The number of likely N-dealkylation sites (tertiary alicyclic amines) is 1. The zero-order valence-corrected chi connectivity index (χ0v) is 6.95. The summed E-state index contributed by atoms with van der Waals surface area (Å²) in [6.07, 6.45) is 0.265. The van der Waals surface area contributed by atoms with Gasteiger partial charge in [-0.2, -0.15) is 0 Å². The summed E-state index contributed by atoms with van der Waals surface area (Å²) in [6.45, 7) is 0.469. The van der Waals surface area contributed by atoms with Crippen molar-refractivity contribution in [3.05, 3.63) is 0 Å². The number of carbonyl (C=O) groups is 2. The maximum Gasteiger partial charge on any atom is 0.237 e. The van der Waals surface area contributed by atoms with Crippen molar-refractivity contribution in [1.82, 2.24) is 4.90 Å². The number of carbonyl (C=O) groups excluding carboxylic acids is 2. The first-order valence-electron chi connectivity index (χ1n) is 3.72. The van der Waals surface area contributed by atoms with Crippen molar-refractivity contribution in [3.8, 4) is 0 Å². The first-order chi connectivity index (χ1) is 5.63. The summed E-state index contributed by atoms with van der Waals surface area (Å²) in [5.41, 5.74) is 4.95. The van der Waals surface area contributed by atoms with Gasteiger partial charge in [0.25, 0.3) is 0 Å². The number of methoxy groups -OCH3 is 1. The molecule has 0 aromatic heterocycles. The number of hydrogen-bond donors (Lipinski definition) is 1. The number of nitrogens with zero attached hydrogens (tertiary/aromatic N) is 1. The highest BCUT2D eigenvalue weighted by Crippen LogP contribution is 2.12. The lowest BCUT2D eigenvalue weighted by molar-refractivity contribution is -0.132. The fraction of sp³-hybridized carbons (Fsp3) is 0.714. The molecule has 0 spiro atoms. The van der Waals surface area contributed by atoms with Crippen LogP contribution in [0.15, 0.2) is 0 Å². The van der Waals surface area contributed by atoms with Crippen LogP contribution < -0.4 is 5.73 Å². The summed E-state index contributed by atoms with van der Waals surface area (Å²) in [4.78, 5) is 23.0. The van der Waals surface area contributed by atoms with Crippen LogP contribution in [0.25, 0.3) is 0 Å². The molecular weight excluding hydrogens is 160 g/mol. The Morgan fingerprint density at radius 2 is 2.50 bits per heavy atom. The predicted molar refractivity (Wildman–Crippen MR) is 41.2 cm³/mol. The van der Waals surface area contributed by atoms with E-state index in [0.717, 1.165) is 0 Å². The molecule has 1 unspecified atom stereocenters. The van der Waals surface area contributed by atoms with Gasteiger partial charge < -0.3 is 15.4 Å². The van der Waals surface area contributed by atoms with Gasteiger partial charge in [0, 0.05) is 13.7 Å². The smallest absolute Gasteiger partial charge is 0.237 e. The number of ether oxygens (including phenoxy) is 1. The minimum absolute atomic E-state index is 0.00130. The summed E-state index contributed by atoms with van der Waals surface area (Å²) in [6, 6.07) is 0. The Bertz CT molecular complexity index is 205. The van der Waals surface area contributed by atoms with Crippen molar-refractivity contribution in [2.75, 3.05) is 20.2 Å². The first-order valence-corrected chi connectivity index (χ1v) is 3.72. The second kappa shape index (κ2) is 3.53. The summed E-state index contributed by atoms with van der Waals surface area (Å²) < 4.78 is 4.98. The average molecular weight is 172 g/mol. The largest absolute Gasteiger partial charge is 0.379 e. The molecule has 0 bridgehead atoms. The molecule has 2 amide bonds. The topological polar surface area (TPSA) is 72.6 Å². The van der Waals surface area contributed by atoms with Crippen molar-refractivity contribution < 1.29 is 14.3 Å². The molecule has 1 saturated heterocycles. The van der Waals surface area contributed by atoms with Crippen LogP contribution in [0.1, 0.15) is 6.42 Å². The molecular formula is C7H12N2O3. The van der Waals surface area contributed by atoms with Crippen LogP contribution in [0, 0.1) is 0 Å². The van der Waals surface area contributed by atoms with E-state index in [9.17, 15) is 9.59 Å². The predicted octanol–water partition coefficient (Wildman–Crippen LogP) is -1.28. The van der Waals surface area contributed by atoms with E-state index in [2.05, 4.69) is 0 Å². The monoisotopic (exact) mass is 172 g/mol. The fourth-order valence-electron chi connectivity index (χ4n) is 1.23. The molecule has 0 aliphatic carbocycles. The highest BCUT2D eigenvalue weighted by molar-refractivity contribution is 5.85. The number of primary amides is 1. The second-order valence-electron chi connectivity index (χ2n) is 2.80. The SMILES string of the molecule is COC1CC(=O)N(CC(N)=O)C1. The minimum atomic E-state index is -0.486. The maximum absolute atomic E-state index is 11.1. The lowest BCUT2D eigenvalue weighted by Gasteiger charge is -2.13.